The first-order chi connectivity index (χ1) is 9.06. The highest BCUT2D eigenvalue weighted by Gasteiger charge is 2.28. The van der Waals surface area contributed by atoms with E-state index in [0.717, 1.165) is 27.7 Å². The van der Waals surface area contributed by atoms with E-state index in [9.17, 15) is 0 Å². The lowest BCUT2D eigenvalue weighted by atomic mass is 10.0. The van der Waals surface area contributed by atoms with Gasteiger partial charge in [0, 0.05) is 13.0 Å². The Labute approximate surface area is 124 Å². The number of aromatic nitrogens is 2. The molecule has 3 nitrogen and oxygen atoms in total. The molecule has 106 valence electrons. The van der Waals surface area contributed by atoms with Crippen LogP contribution >= 0.6 is 15.9 Å². The van der Waals surface area contributed by atoms with Crippen molar-refractivity contribution >= 4 is 21.7 Å². The van der Waals surface area contributed by atoms with Crippen molar-refractivity contribution in [3.05, 3.63) is 16.0 Å². The second-order valence-electron chi connectivity index (χ2n) is 5.82. The summed E-state index contributed by atoms with van der Waals surface area (Å²) in [4.78, 5) is 9.55. The first kappa shape index (κ1) is 14.8. The normalized spacial score (nSPS) is 23.1. The van der Waals surface area contributed by atoms with E-state index in [0.29, 0.717) is 11.8 Å². The van der Waals surface area contributed by atoms with Gasteiger partial charge in [0.2, 0.25) is 0 Å². The molecule has 4 heteroatoms. The van der Waals surface area contributed by atoms with Gasteiger partial charge >= 0.3 is 0 Å². The Bertz CT molecular complexity index is 445. The number of hydrogen-bond acceptors (Lipinski definition) is 3. The van der Waals surface area contributed by atoms with Gasteiger partial charge in [0.15, 0.2) is 0 Å². The summed E-state index contributed by atoms with van der Waals surface area (Å²) in [5, 5.41) is 3.18. The molecule has 0 saturated heterocycles. The quantitative estimate of drug-likeness (QED) is 0.871. The van der Waals surface area contributed by atoms with Crippen molar-refractivity contribution in [3.63, 3.8) is 0 Å². The Hall–Kier alpha value is -0.640. The van der Waals surface area contributed by atoms with Crippen LogP contribution in [0.1, 0.15) is 69.8 Å². The molecule has 1 N–H and O–H groups in total. The van der Waals surface area contributed by atoms with Gasteiger partial charge in [-0.2, -0.15) is 0 Å². The first-order valence-corrected chi connectivity index (χ1v) is 8.11. The second kappa shape index (κ2) is 6.21. The molecule has 0 aliphatic heterocycles. The van der Waals surface area contributed by atoms with E-state index >= 15 is 0 Å². The maximum absolute atomic E-state index is 4.83. The zero-order chi connectivity index (χ0) is 14.0. The molecule has 1 aromatic rings. The van der Waals surface area contributed by atoms with Crippen molar-refractivity contribution < 1.29 is 0 Å². The first-order valence-electron chi connectivity index (χ1n) is 7.31. The molecule has 1 aromatic heterocycles. The SMILES string of the molecule is CCC1CCC(c2nc(NC)c(Br)c(C(C)C)n2)C1. The molecule has 1 fully saturated rings. The van der Waals surface area contributed by atoms with E-state index in [1.807, 2.05) is 7.05 Å². The van der Waals surface area contributed by atoms with Crippen LogP contribution in [-0.4, -0.2) is 17.0 Å². The maximum Gasteiger partial charge on any atom is 0.144 e. The highest BCUT2D eigenvalue weighted by molar-refractivity contribution is 9.10. The van der Waals surface area contributed by atoms with E-state index in [2.05, 4.69) is 42.0 Å². The van der Waals surface area contributed by atoms with Crippen LogP contribution in [0.4, 0.5) is 5.82 Å². The third-order valence-electron chi connectivity index (χ3n) is 4.16. The van der Waals surface area contributed by atoms with Gasteiger partial charge in [0.1, 0.15) is 11.6 Å². The van der Waals surface area contributed by atoms with E-state index in [1.54, 1.807) is 0 Å². The lowest BCUT2D eigenvalue weighted by molar-refractivity contribution is 0.516. The number of halogens is 1. The summed E-state index contributed by atoms with van der Waals surface area (Å²) >= 11 is 3.62. The Balaban J connectivity index is 2.33. The van der Waals surface area contributed by atoms with E-state index in [1.165, 1.54) is 25.7 Å². The van der Waals surface area contributed by atoms with Crippen molar-refractivity contribution in [2.24, 2.45) is 5.92 Å². The Morgan fingerprint density at radius 1 is 1.32 bits per heavy atom. The van der Waals surface area contributed by atoms with Crippen molar-refractivity contribution in [2.75, 3.05) is 12.4 Å². The van der Waals surface area contributed by atoms with Gasteiger partial charge in [-0.1, -0.05) is 27.2 Å². The molecule has 1 aliphatic carbocycles. The highest BCUT2D eigenvalue weighted by Crippen LogP contribution is 2.40. The van der Waals surface area contributed by atoms with Crippen LogP contribution in [0.15, 0.2) is 4.47 Å². The predicted octanol–water partition coefficient (Wildman–Crippen LogP) is 4.70. The molecule has 19 heavy (non-hydrogen) atoms. The Morgan fingerprint density at radius 3 is 2.58 bits per heavy atom. The minimum atomic E-state index is 0.409. The summed E-state index contributed by atoms with van der Waals surface area (Å²) in [6.07, 6.45) is 5.09. The fourth-order valence-corrected chi connectivity index (χ4v) is 3.73. The van der Waals surface area contributed by atoms with Gasteiger partial charge in [-0.3, -0.25) is 0 Å². The van der Waals surface area contributed by atoms with E-state index in [-0.39, 0.29) is 0 Å². The number of anilines is 1. The van der Waals surface area contributed by atoms with Crippen LogP contribution in [-0.2, 0) is 0 Å². The average Bonchev–Trinajstić information content (AvgIpc) is 2.87. The minimum absolute atomic E-state index is 0.409. The van der Waals surface area contributed by atoms with Crippen molar-refractivity contribution in [2.45, 2.75) is 58.3 Å². The third kappa shape index (κ3) is 3.10. The zero-order valence-corrected chi connectivity index (χ0v) is 13.9. The molecule has 2 unspecified atom stereocenters. The number of nitrogens with one attached hydrogen (secondary N) is 1. The molecule has 0 amide bonds. The second-order valence-corrected chi connectivity index (χ2v) is 6.61. The zero-order valence-electron chi connectivity index (χ0n) is 12.3. The summed E-state index contributed by atoms with van der Waals surface area (Å²) < 4.78 is 1.01. The Kier molecular flexibility index (Phi) is 4.82. The van der Waals surface area contributed by atoms with E-state index in [4.69, 9.17) is 9.97 Å². The Morgan fingerprint density at radius 2 is 2.05 bits per heavy atom. The fourth-order valence-electron chi connectivity index (χ4n) is 2.89. The van der Waals surface area contributed by atoms with Crippen LogP contribution in [0.5, 0.6) is 0 Å². The summed E-state index contributed by atoms with van der Waals surface area (Å²) in [6.45, 7) is 6.65. The fraction of sp³-hybridized carbons (Fsp3) is 0.733. The predicted molar refractivity (Wildman–Crippen MR) is 83.7 cm³/mol. The van der Waals surface area contributed by atoms with Gasteiger partial charge in [-0.05, 0) is 47.0 Å². The van der Waals surface area contributed by atoms with Crippen LogP contribution < -0.4 is 5.32 Å². The van der Waals surface area contributed by atoms with Crippen molar-refractivity contribution in [1.29, 1.82) is 0 Å². The minimum Gasteiger partial charge on any atom is -0.372 e. The topological polar surface area (TPSA) is 37.8 Å². The molecular weight excluding hydrogens is 302 g/mol. The molecule has 0 radical (unpaired) electrons. The van der Waals surface area contributed by atoms with Gasteiger partial charge in [0.05, 0.1) is 10.2 Å². The monoisotopic (exact) mass is 325 g/mol. The molecule has 2 rings (SSSR count). The molecule has 0 aromatic carbocycles. The van der Waals surface area contributed by atoms with Crippen LogP contribution in [0.25, 0.3) is 0 Å². The van der Waals surface area contributed by atoms with Crippen LogP contribution in [0.2, 0.25) is 0 Å². The van der Waals surface area contributed by atoms with Gasteiger partial charge in [-0.25, -0.2) is 9.97 Å². The lowest BCUT2D eigenvalue weighted by Crippen LogP contribution is -2.09. The average molecular weight is 326 g/mol. The van der Waals surface area contributed by atoms with Gasteiger partial charge < -0.3 is 5.32 Å². The smallest absolute Gasteiger partial charge is 0.144 e. The molecule has 2 atom stereocenters. The summed E-state index contributed by atoms with van der Waals surface area (Å²) in [5.41, 5.74) is 1.12. The largest absolute Gasteiger partial charge is 0.372 e. The number of rotatable bonds is 4. The summed E-state index contributed by atoms with van der Waals surface area (Å²) in [6, 6.07) is 0. The number of nitrogens with zero attached hydrogens (tertiary/aromatic N) is 2. The molecule has 0 spiro atoms. The standard InChI is InChI=1S/C15H24BrN3/c1-5-10-6-7-11(8-10)14-18-13(9(2)3)12(16)15(17-4)19-14/h9-11H,5-8H2,1-4H3,(H,17,18,19). The van der Waals surface area contributed by atoms with Crippen LogP contribution in [0.3, 0.4) is 0 Å². The van der Waals surface area contributed by atoms with Crippen molar-refractivity contribution in [3.8, 4) is 0 Å². The maximum atomic E-state index is 4.83. The third-order valence-corrected chi connectivity index (χ3v) is 4.94. The molecule has 0 bridgehead atoms. The van der Waals surface area contributed by atoms with Gasteiger partial charge in [-0.15, -0.1) is 0 Å². The van der Waals surface area contributed by atoms with Crippen molar-refractivity contribution in [1.82, 2.24) is 9.97 Å². The van der Waals surface area contributed by atoms with Gasteiger partial charge in [0.25, 0.3) is 0 Å². The molecular formula is C15H24BrN3. The molecule has 1 aliphatic rings. The number of hydrogen-bond donors (Lipinski definition) is 1. The summed E-state index contributed by atoms with van der Waals surface area (Å²) in [5.74, 6) is 3.77. The molecule has 1 heterocycles. The van der Waals surface area contributed by atoms with E-state index < -0.39 is 0 Å². The lowest BCUT2D eigenvalue weighted by Gasteiger charge is -2.16. The molecule has 1 saturated carbocycles. The highest BCUT2D eigenvalue weighted by atomic mass is 79.9. The van der Waals surface area contributed by atoms with Crippen LogP contribution in [0, 0.1) is 5.92 Å². The summed E-state index contributed by atoms with van der Waals surface area (Å²) in [7, 11) is 1.92.